The molecule has 5 nitrogen and oxygen atoms in total. The molecule has 1 aliphatic rings. The summed E-state index contributed by atoms with van der Waals surface area (Å²) in [6, 6.07) is 18.2. The van der Waals surface area contributed by atoms with Gasteiger partial charge >= 0.3 is 0 Å². The van der Waals surface area contributed by atoms with Crippen LogP contribution < -0.4 is 5.32 Å². The molecule has 2 heterocycles. The number of benzene rings is 2. The van der Waals surface area contributed by atoms with E-state index in [1.165, 1.54) is 24.0 Å². The lowest BCUT2D eigenvalue weighted by atomic mass is 9.90. The molecule has 29 heavy (non-hydrogen) atoms. The summed E-state index contributed by atoms with van der Waals surface area (Å²) in [6.45, 7) is 1.46. The monoisotopic (exact) mass is 390 g/mol. The van der Waals surface area contributed by atoms with Gasteiger partial charge in [-0.15, -0.1) is 0 Å². The van der Waals surface area contributed by atoms with Gasteiger partial charge in [-0.05, 0) is 48.9 Å². The Kier molecular flexibility index (Phi) is 5.79. The first-order chi connectivity index (χ1) is 14.2. The molecule has 0 bridgehead atoms. The van der Waals surface area contributed by atoms with Crippen LogP contribution in [0.25, 0.3) is 0 Å². The van der Waals surface area contributed by atoms with Gasteiger partial charge in [0.1, 0.15) is 23.7 Å². The van der Waals surface area contributed by atoms with Crippen LogP contribution in [0.4, 0.5) is 15.9 Å². The standard InChI is InChI=1S/C23H23FN4O/c24-19-7-4-8-20(14-19)27-22-15-21(25-16-26-22)23(29)28-11-9-18(10-12-28)13-17-5-2-1-3-6-17/h1-8,14-16,18H,9-13H2,(H,25,26,27). The van der Waals surface area contributed by atoms with Gasteiger partial charge < -0.3 is 10.2 Å². The SMILES string of the molecule is O=C(c1cc(Nc2cccc(F)c2)ncn1)N1CCC(Cc2ccccc2)CC1. The highest BCUT2D eigenvalue weighted by atomic mass is 19.1. The van der Waals surface area contributed by atoms with Crippen LogP contribution in [0, 0.1) is 11.7 Å². The fraction of sp³-hybridized carbons (Fsp3) is 0.261. The third-order valence-electron chi connectivity index (χ3n) is 5.25. The van der Waals surface area contributed by atoms with Crippen LogP contribution in [0.5, 0.6) is 0 Å². The molecule has 0 aliphatic carbocycles. The van der Waals surface area contributed by atoms with Crippen molar-refractivity contribution in [3.05, 3.63) is 84.1 Å². The van der Waals surface area contributed by atoms with Crippen LogP contribution in [-0.4, -0.2) is 33.9 Å². The summed E-state index contributed by atoms with van der Waals surface area (Å²) in [5, 5.41) is 3.02. The van der Waals surface area contributed by atoms with Gasteiger partial charge in [0.05, 0.1) is 0 Å². The minimum Gasteiger partial charge on any atom is -0.340 e. The molecule has 1 saturated heterocycles. The first-order valence-corrected chi connectivity index (χ1v) is 9.85. The molecule has 2 aromatic carbocycles. The molecule has 6 heteroatoms. The molecular weight excluding hydrogens is 367 g/mol. The van der Waals surface area contributed by atoms with Crippen LogP contribution in [0.3, 0.4) is 0 Å². The van der Waals surface area contributed by atoms with E-state index in [4.69, 9.17) is 0 Å². The van der Waals surface area contributed by atoms with Crippen molar-refractivity contribution in [2.75, 3.05) is 18.4 Å². The lowest BCUT2D eigenvalue weighted by Gasteiger charge is -2.32. The van der Waals surface area contributed by atoms with E-state index in [0.29, 0.717) is 23.1 Å². The first kappa shape index (κ1) is 19.1. The molecule has 0 saturated carbocycles. The van der Waals surface area contributed by atoms with Crippen LogP contribution in [0.1, 0.15) is 28.9 Å². The second-order valence-corrected chi connectivity index (χ2v) is 7.35. The summed E-state index contributed by atoms with van der Waals surface area (Å²) >= 11 is 0. The fourth-order valence-corrected chi connectivity index (χ4v) is 3.71. The van der Waals surface area contributed by atoms with Crippen molar-refractivity contribution < 1.29 is 9.18 Å². The zero-order valence-corrected chi connectivity index (χ0v) is 16.1. The van der Waals surface area contributed by atoms with Gasteiger partial charge in [0.25, 0.3) is 5.91 Å². The number of rotatable bonds is 5. The Balaban J connectivity index is 1.36. The molecule has 1 amide bonds. The summed E-state index contributed by atoms with van der Waals surface area (Å²) in [4.78, 5) is 23.0. The van der Waals surface area contributed by atoms with Gasteiger partial charge in [-0.2, -0.15) is 0 Å². The van der Waals surface area contributed by atoms with E-state index in [1.807, 2.05) is 11.0 Å². The molecule has 1 fully saturated rings. The molecule has 0 spiro atoms. The minimum atomic E-state index is -0.335. The smallest absolute Gasteiger partial charge is 0.272 e. The van der Waals surface area contributed by atoms with Gasteiger partial charge in [-0.1, -0.05) is 36.4 Å². The normalized spacial score (nSPS) is 14.6. The van der Waals surface area contributed by atoms with Crippen molar-refractivity contribution in [2.24, 2.45) is 5.92 Å². The summed E-state index contributed by atoms with van der Waals surface area (Å²) < 4.78 is 13.4. The molecule has 4 rings (SSSR count). The van der Waals surface area contributed by atoms with Crippen molar-refractivity contribution in [1.82, 2.24) is 14.9 Å². The number of hydrogen-bond acceptors (Lipinski definition) is 4. The number of halogens is 1. The van der Waals surface area contributed by atoms with Crippen molar-refractivity contribution in [3.63, 3.8) is 0 Å². The molecule has 0 atom stereocenters. The largest absolute Gasteiger partial charge is 0.340 e. The van der Waals surface area contributed by atoms with Crippen molar-refractivity contribution in [2.45, 2.75) is 19.3 Å². The van der Waals surface area contributed by atoms with E-state index in [9.17, 15) is 9.18 Å². The van der Waals surface area contributed by atoms with E-state index in [-0.39, 0.29) is 11.7 Å². The average Bonchev–Trinajstić information content (AvgIpc) is 2.75. The summed E-state index contributed by atoms with van der Waals surface area (Å²) in [6.07, 6.45) is 4.38. The third-order valence-corrected chi connectivity index (χ3v) is 5.25. The Hall–Kier alpha value is -3.28. The number of carbonyl (C=O) groups is 1. The van der Waals surface area contributed by atoms with Crippen molar-refractivity contribution in [1.29, 1.82) is 0 Å². The predicted octanol–water partition coefficient (Wildman–Crippen LogP) is 4.45. The zero-order chi connectivity index (χ0) is 20.1. The highest BCUT2D eigenvalue weighted by molar-refractivity contribution is 5.93. The lowest BCUT2D eigenvalue weighted by molar-refractivity contribution is 0.0684. The lowest BCUT2D eigenvalue weighted by Crippen LogP contribution is -2.39. The Morgan fingerprint density at radius 1 is 1.03 bits per heavy atom. The maximum atomic E-state index is 13.4. The molecule has 148 valence electrons. The number of amides is 1. The van der Waals surface area contributed by atoms with Gasteiger partial charge in [0.2, 0.25) is 0 Å². The van der Waals surface area contributed by atoms with Crippen LogP contribution >= 0.6 is 0 Å². The Morgan fingerprint density at radius 3 is 2.59 bits per heavy atom. The topological polar surface area (TPSA) is 58.1 Å². The summed E-state index contributed by atoms with van der Waals surface area (Å²) in [5.74, 6) is 0.636. The van der Waals surface area contributed by atoms with Crippen LogP contribution in [-0.2, 0) is 6.42 Å². The van der Waals surface area contributed by atoms with Gasteiger partial charge in [0, 0.05) is 24.8 Å². The van der Waals surface area contributed by atoms with E-state index in [0.717, 1.165) is 32.4 Å². The van der Waals surface area contributed by atoms with E-state index < -0.39 is 0 Å². The van der Waals surface area contributed by atoms with Crippen LogP contribution in [0.2, 0.25) is 0 Å². The highest BCUT2D eigenvalue weighted by Gasteiger charge is 2.24. The Morgan fingerprint density at radius 2 is 1.83 bits per heavy atom. The van der Waals surface area contributed by atoms with E-state index >= 15 is 0 Å². The molecule has 1 aromatic heterocycles. The van der Waals surface area contributed by atoms with Crippen LogP contribution in [0.15, 0.2) is 67.0 Å². The summed E-state index contributed by atoms with van der Waals surface area (Å²) in [5.41, 5.74) is 2.27. The molecule has 1 N–H and O–H groups in total. The number of piperidine rings is 1. The number of hydrogen-bond donors (Lipinski definition) is 1. The average molecular weight is 390 g/mol. The quantitative estimate of drug-likeness (QED) is 0.699. The molecule has 1 aliphatic heterocycles. The Bertz CT molecular complexity index is 971. The van der Waals surface area contributed by atoms with Gasteiger partial charge in [-0.25, -0.2) is 14.4 Å². The molecule has 3 aromatic rings. The number of likely N-dealkylation sites (tertiary alicyclic amines) is 1. The van der Waals surface area contributed by atoms with E-state index in [2.05, 4.69) is 39.6 Å². The Labute approximate surface area is 169 Å². The number of carbonyl (C=O) groups excluding carboxylic acids is 1. The maximum absolute atomic E-state index is 13.4. The fourth-order valence-electron chi connectivity index (χ4n) is 3.71. The molecule has 0 unspecified atom stereocenters. The first-order valence-electron chi connectivity index (χ1n) is 9.85. The predicted molar refractivity (Wildman–Crippen MR) is 110 cm³/mol. The number of aromatic nitrogens is 2. The number of anilines is 2. The maximum Gasteiger partial charge on any atom is 0.272 e. The third kappa shape index (κ3) is 4.96. The number of nitrogens with zero attached hydrogens (tertiary/aromatic N) is 3. The molecular formula is C23H23FN4O. The second-order valence-electron chi connectivity index (χ2n) is 7.35. The minimum absolute atomic E-state index is 0.0900. The van der Waals surface area contributed by atoms with Crippen molar-refractivity contribution >= 4 is 17.4 Å². The zero-order valence-electron chi connectivity index (χ0n) is 16.1. The van der Waals surface area contributed by atoms with Gasteiger partial charge in [-0.3, -0.25) is 4.79 Å². The second kappa shape index (κ2) is 8.82. The summed E-state index contributed by atoms with van der Waals surface area (Å²) in [7, 11) is 0. The van der Waals surface area contributed by atoms with Crippen molar-refractivity contribution in [3.8, 4) is 0 Å². The van der Waals surface area contributed by atoms with E-state index in [1.54, 1.807) is 18.2 Å². The highest BCUT2D eigenvalue weighted by Crippen LogP contribution is 2.23. The van der Waals surface area contributed by atoms with Gasteiger partial charge in [0.15, 0.2) is 0 Å². The molecule has 0 radical (unpaired) electrons. The number of nitrogens with one attached hydrogen (secondary N) is 1.